The fourth-order valence-corrected chi connectivity index (χ4v) is 4.00. The summed E-state index contributed by atoms with van der Waals surface area (Å²) in [6.45, 7) is 2.42. The van der Waals surface area contributed by atoms with Gasteiger partial charge in [-0.3, -0.25) is 14.0 Å². The number of thioether (sulfide) groups is 1. The predicted octanol–water partition coefficient (Wildman–Crippen LogP) is 4.37. The summed E-state index contributed by atoms with van der Waals surface area (Å²) in [5, 5.41) is 4.57. The molecule has 5 nitrogen and oxygen atoms in total. The van der Waals surface area contributed by atoms with Gasteiger partial charge in [0.25, 0.3) is 5.56 Å². The Morgan fingerprint density at radius 2 is 1.80 bits per heavy atom. The Hall–Kier alpha value is -3.07. The minimum absolute atomic E-state index is 0.0344. The molecule has 4 rings (SSSR count). The molecule has 0 N–H and O–H groups in total. The molecule has 0 atom stereocenters. The normalized spacial score (nSPS) is 11.3. The molecular formula is C21H17F3N4OS. The lowest BCUT2D eigenvalue weighted by Gasteiger charge is -2.12. The number of rotatable bonds is 6. The molecule has 4 aromatic rings. The maximum Gasteiger partial charge on any atom is 0.282 e. The maximum atomic E-state index is 14.2. The number of hydrogen-bond donors (Lipinski definition) is 0. The second-order valence-corrected chi connectivity index (χ2v) is 7.60. The van der Waals surface area contributed by atoms with E-state index in [0.29, 0.717) is 28.3 Å². The molecule has 0 spiro atoms. The first-order valence-electron chi connectivity index (χ1n) is 9.23. The van der Waals surface area contributed by atoms with E-state index in [1.807, 2.05) is 6.92 Å². The molecule has 0 aliphatic rings. The standard InChI is InChI=1S/C21H17F3N4OS/c1-2-27-11-18-19(26-27)20(29)28(10-14-5-3-4-6-17(14)24)21(25-18)30-12-13-7-15(22)9-16(23)8-13/h3-9,11H,2,10,12H2,1H3. The van der Waals surface area contributed by atoms with Crippen molar-refractivity contribution < 1.29 is 13.2 Å². The van der Waals surface area contributed by atoms with E-state index in [1.165, 1.54) is 22.8 Å². The van der Waals surface area contributed by atoms with Gasteiger partial charge in [-0.2, -0.15) is 5.10 Å². The molecule has 0 saturated carbocycles. The van der Waals surface area contributed by atoms with Crippen LogP contribution in [0.1, 0.15) is 18.1 Å². The van der Waals surface area contributed by atoms with Crippen LogP contribution in [-0.2, 0) is 18.8 Å². The highest BCUT2D eigenvalue weighted by atomic mass is 32.2. The second kappa shape index (κ2) is 8.35. The van der Waals surface area contributed by atoms with Crippen LogP contribution in [0.15, 0.2) is 58.6 Å². The van der Waals surface area contributed by atoms with Gasteiger partial charge in [-0.25, -0.2) is 18.2 Å². The van der Waals surface area contributed by atoms with Crippen molar-refractivity contribution in [2.45, 2.75) is 30.9 Å². The molecule has 154 valence electrons. The molecule has 2 aromatic heterocycles. The molecular weight excluding hydrogens is 413 g/mol. The van der Waals surface area contributed by atoms with Gasteiger partial charge < -0.3 is 0 Å². The zero-order valence-electron chi connectivity index (χ0n) is 16.0. The van der Waals surface area contributed by atoms with Gasteiger partial charge in [0, 0.05) is 23.9 Å². The highest BCUT2D eigenvalue weighted by molar-refractivity contribution is 7.98. The highest BCUT2D eigenvalue weighted by Crippen LogP contribution is 2.24. The Balaban J connectivity index is 1.77. The van der Waals surface area contributed by atoms with E-state index >= 15 is 0 Å². The Labute approximate surface area is 174 Å². The van der Waals surface area contributed by atoms with Crippen LogP contribution in [0.3, 0.4) is 0 Å². The first kappa shape index (κ1) is 20.2. The Bertz CT molecular complexity index is 1260. The average Bonchev–Trinajstić information content (AvgIpc) is 3.13. The van der Waals surface area contributed by atoms with E-state index in [2.05, 4.69) is 10.1 Å². The molecule has 0 unspecified atom stereocenters. The van der Waals surface area contributed by atoms with Crippen LogP contribution in [0.4, 0.5) is 13.2 Å². The number of aryl methyl sites for hydroxylation is 1. The number of nitrogens with zero attached hydrogens (tertiary/aromatic N) is 4. The van der Waals surface area contributed by atoms with Gasteiger partial charge in [0.15, 0.2) is 10.7 Å². The van der Waals surface area contributed by atoms with Crippen molar-refractivity contribution in [3.63, 3.8) is 0 Å². The molecule has 30 heavy (non-hydrogen) atoms. The third kappa shape index (κ3) is 4.11. The third-order valence-corrected chi connectivity index (χ3v) is 5.59. The molecule has 0 amide bonds. The lowest BCUT2D eigenvalue weighted by Crippen LogP contribution is -2.24. The molecule has 0 saturated heterocycles. The zero-order valence-corrected chi connectivity index (χ0v) is 16.8. The molecule has 0 radical (unpaired) electrons. The average molecular weight is 430 g/mol. The number of aromatic nitrogens is 4. The van der Waals surface area contributed by atoms with Crippen LogP contribution >= 0.6 is 11.8 Å². The number of benzene rings is 2. The van der Waals surface area contributed by atoms with Crippen molar-refractivity contribution in [3.05, 3.63) is 87.6 Å². The van der Waals surface area contributed by atoms with Gasteiger partial charge in [0.05, 0.1) is 12.7 Å². The van der Waals surface area contributed by atoms with Crippen molar-refractivity contribution in [1.29, 1.82) is 0 Å². The smallest absolute Gasteiger partial charge is 0.281 e. The van der Waals surface area contributed by atoms with Crippen LogP contribution in [0.5, 0.6) is 0 Å². The first-order chi connectivity index (χ1) is 14.4. The fourth-order valence-electron chi connectivity index (χ4n) is 3.07. The van der Waals surface area contributed by atoms with Gasteiger partial charge >= 0.3 is 0 Å². The Morgan fingerprint density at radius 1 is 1.07 bits per heavy atom. The van der Waals surface area contributed by atoms with Crippen molar-refractivity contribution in [2.75, 3.05) is 0 Å². The summed E-state index contributed by atoms with van der Waals surface area (Å²) in [6, 6.07) is 9.41. The summed E-state index contributed by atoms with van der Waals surface area (Å²) in [5.74, 6) is -1.61. The highest BCUT2D eigenvalue weighted by Gasteiger charge is 2.16. The van der Waals surface area contributed by atoms with E-state index in [0.717, 1.165) is 17.8 Å². The maximum absolute atomic E-state index is 14.2. The number of fused-ring (bicyclic) bond motifs is 1. The van der Waals surface area contributed by atoms with Gasteiger partial charge in [0.2, 0.25) is 0 Å². The lowest BCUT2D eigenvalue weighted by molar-refractivity contribution is 0.578. The monoisotopic (exact) mass is 430 g/mol. The minimum atomic E-state index is -0.679. The van der Waals surface area contributed by atoms with Gasteiger partial charge in [-0.05, 0) is 30.7 Å². The largest absolute Gasteiger partial charge is 0.282 e. The lowest BCUT2D eigenvalue weighted by atomic mass is 10.2. The number of hydrogen-bond acceptors (Lipinski definition) is 4. The summed E-state index contributed by atoms with van der Waals surface area (Å²) < 4.78 is 44.2. The van der Waals surface area contributed by atoms with Crippen LogP contribution in [-0.4, -0.2) is 19.3 Å². The number of halogens is 3. The summed E-state index contributed by atoms with van der Waals surface area (Å²) in [4.78, 5) is 17.6. The van der Waals surface area contributed by atoms with E-state index < -0.39 is 23.0 Å². The quantitative estimate of drug-likeness (QED) is 0.337. The van der Waals surface area contributed by atoms with Crippen molar-refractivity contribution in [2.24, 2.45) is 0 Å². The topological polar surface area (TPSA) is 52.7 Å². The van der Waals surface area contributed by atoms with Crippen LogP contribution in [0.25, 0.3) is 11.0 Å². The SMILES string of the molecule is CCn1cc2nc(SCc3cc(F)cc(F)c3)n(Cc3ccccc3F)c(=O)c2n1. The van der Waals surface area contributed by atoms with Gasteiger partial charge in [0.1, 0.15) is 23.0 Å². The van der Waals surface area contributed by atoms with Crippen molar-refractivity contribution in [1.82, 2.24) is 19.3 Å². The van der Waals surface area contributed by atoms with Crippen molar-refractivity contribution in [3.8, 4) is 0 Å². The predicted molar refractivity (Wildman–Crippen MR) is 109 cm³/mol. The third-order valence-electron chi connectivity index (χ3n) is 4.54. The second-order valence-electron chi connectivity index (χ2n) is 6.66. The van der Waals surface area contributed by atoms with E-state index in [-0.39, 0.29) is 17.8 Å². The van der Waals surface area contributed by atoms with Gasteiger partial charge in [-0.15, -0.1) is 0 Å². The van der Waals surface area contributed by atoms with Gasteiger partial charge in [-0.1, -0.05) is 30.0 Å². The van der Waals surface area contributed by atoms with Crippen molar-refractivity contribution >= 4 is 22.8 Å². The molecule has 2 heterocycles. The van der Waals surface area contributed by atoms with E-state index in [9.17, 15) is 18.0 Å². The van der Waals surface area contributed by atoms with Crippen LogP contribution in [0, 0.1) is 17.5 Å². The Morgan fingerprint density at radius 3 is 2.50 bits per heavy atom. The minimum Gasteiger partial charge on any atom is -0.281 e. The van der Waals surface area contributed by atoms with Crippen LogP contribution in [0.2, 0.25) is 0 Å². The molecule has 0 aliphatic heterocycles. The molecule has 0 bridgehead atoms. The Kier molecular flexibility index (Phi) is 5.63. The summed E-state index contributed by atoms with van der Waals surface area (Å²) >= 11 is 1.15. The molecule has 9 heteroatoms. The first-order valence-corrected chi connectivity index (χ1v) is 10.2. The summed E-state index contributed by atoms with van der Waals surface area (Å²) in [5.41, 5.74) is 0.945. The molecule has 2 aromatic carbocycles. The molecule has 0 fully saturated rings. The van der Waals surface area contributed by atoms with E-state index in [1.54, 1.807) is 29.1 Å². The zero-order chi connectivity index (χ0) is 21.3. The van der Waals surface area contributed by atoms with Crippen LogP contribution < -0.4 is 5.56 Å². The molecule has 0 aliphatic carbocycles. The fraction of sp³-hybridized carbons (Fsp3) is 0.190. The van der Waals surface area contributed by atoms with E-state index in [4.69, 9.17) is 0 Å². The summed E-state index contributed by atoms with van der Waals surface area (Å²) in [6.07, 6.45) is 1.66. The summed E-state index contributed by atoms with van der Waals surface area (Å²) in [7, 11) is 0.